The average molecular weight is 291 g/mol. The number of nitrogens with one attached hydrogen (secondary N) is 2. The van der Waals surface area contributed by atoms with Crippen LogP contribution >= 0.6 is 0 Å². The molecular weight excluding hydrogens is 266 g/mol. The van der Waals surface area contributed by atoms with Gasteiger partial charge in [0.2, 0.25) is 0 Å². The lowest BCUT2D eigenvalue weighted by Crippen LogP contribution is -2.46. The van der Waals surface area contributed by atoms with Gasteiger partial charge in [-0.05, 0) is 51.4 Å². The number of amides is 2. The summed E-state index contributed by atoms with van der Waals surface area (Å²) in [4.78, 5) is 13.9. The van der Waals surface area contributed by atoms with Crippen molar-refractivity contribution in [2.75, 3.05) is 25.5 Å². The number of anilines is 1. The van der Waals surface area contributed by atoms with Gasteiger partial charge in [-0.3, -0.25) is 0 Å². The Morgan fingerprint density at radius 3 is 2.38 bits per heavy atom. The van der Waals surface area contributed by atoms with Gasteiger partial charge in [0.15, 0.2) is 0 Å². The summed E-state index contributed by atoms with van der Waals surface area (Å²) in [6.45, 7) is 5.10. The predicted octanol–water partition coefficient (Wildman–Crippen LogP) is 2.35. The molecule has 0 radical (unpaired) electrons. The van der Waals surface area contributed by atoms with E-state index in [0.717, 1.165) is 5.69 Å². The Morgan fingerprint density at radius 1 is 1.29 bits per heavy atom. The van der Waals surface area contributed by atoms with Gasteiger partial charge in [-0.25, -0.2) is 4.79 Å². The SMILES string of the molecule is CNC(C)c1ccc(NC(=O)N2CCC(C)(O)CC2)cc1. The lowest BCUT2D eigenvalue weighted by Gasteiger charge is -2.35. The van der Waals surface area contributed by atoms with Gasteiger partial charge in [-0.15, -0.1) is 0 Å². The molecule has 2 amide bonds. The van der Waals surface area contributed by atoms with Crippen LogP contribution in [-0.4, -0.2) is 41.8 Å². The minimum atomic E-state index is -0.637. The third-order valence-corrected chi connectivity index (χ3v) is 4.22. The summed E-state index contributed by atoms with van der Waals surface area (Å²) in [6.07, 6.45) is 1.25. The third kappa shape index (κ3) is 4.19. The highest BCUT2D eigenvalue weighted by Gasteiger charge is 2.29. The molecule has 1 heterocycles. The predicted molar refractivity (Wildman–Crippen MR) is 84.4 cm³/mol. The largest absolute Gasteiger partial charge is 0.390 e. The van der Waals surface area contributed by atoms with Gasteiger partial charge in [0.05, 0.1) is 5.60 Å². The first-order valence-corrected chi connectivity index (χ1v) is 7.47. The number of piperidine rings is 1. The molecule has 1 saturated heterocycles. The van der Waals surface area contributed by atoms with Crippen LogP contribution < -0.4 is 10.6 Å². The first-order chi connectivity index (χ1) is 9.91. The Hall–Kier alpha value is -1.59. The number of hydrogen-bond acceptors (Lipinski definition) is 3. The minimum absolute atomic E-state index is 0.0973. The summed E-state index contributed by atoms with van der Waals surface area (Å²) in [6, 6.07) is 8.05. The van der Waals surface area contributed by atoms with Gasteiger partial charge in [-0.2, -0.15) is 0 Å². The maximum atomic E-state index is 12.2. The molecule has 1 atom stereocenters. The third-order valence-electron chi connectivity index (χ3n) is 4.22. The van der Waals surface area contributed by atoms with Crippen molar-refractivity contribution < 1.29 is 9.90 Å². The molecule has 0 bridgehead atoms. The van der Waals surface area contributed by atoms with Crippen LogP contribution in [0, 0.1) is 0 Å². The molecule has 0 saturated carbocycles. The standard InChI is InChI=1S/C16H25N3O2/c1-12(17-3)13-4-6-14(7-5-13)18-15(20)19-10-8-16(2,21)9-11-19/h4-7,12,17,21H,8-11H2,1-3H3,(H,18,20). The van der Waals surface area contributed by atoms with Crippen molar-refractivity contribution in [1.82, 2.24) is 10.2 Å². The summed E-state index contributed by atoms with van der Waals surface area (Å²) in [5.74, 6) is 0. The van der Waals surface area contributed by atoms with Gasteiger partial charge >= 0.3 is 6.03 Å². The van der Waals surface area contributed by atoms with E-state index in [1.165, 1.54) is 5.56 Å². The number of nitrogens with zero attached hydrogens (tertiary/aromatic N) is 1. The number of rotatable bonds is 3. The number of likely N-dealkylation sites (tertiary alicyclic amines) is 1. The first kappa shape index (κ1) is 15.8. The molecule has 5 heteroatoms. The summed E-state index contributed by atoms with van der Waals surface area (Å²) in [7, 11) is 1.92. The van der Waals surface area contributed by atoms with Crippen LogP contribution in [0.15, 0.2) is 24.3 Å². The Labute approximate surface area is 126 Å². The van der Waals surface area contributed by atoms with E-state index in [9.17, 15) is 9.90 Å². The lowest BCUT2D eigenvalue weighted by atomic mass is 9.94. The molecule has 5 nitrogen and oxygen atoms in total. The summed E-state index contributed by atoms with van der Waals surface area (Å²) in [5.41, 5.74) is 1.34. The minimum Gasteiger partial charge on any atom is -0.390 e. The Morgan fingerprint density at radius 2 is 1.86 bits per heavy atom. The van der Waals surface area contributed by atoms with Gasteiger partial charge in [0.25, 0.3) is 0 Å². The fraction of sp³-hybridized carbons (Fsp3) is 0.562. The van der Waals surface area contributed by atoms with E-state index in [1.807, 2.05) is 38.2 Å². The number of benzene rings is 1. The van der Waals surface area contributed by atoms with E-state index in [1.54, 1.807) is 4.90 Å². The molecule has 1 unspecified atom stereocenters. The van der Waals surface area contributed by atoms with Crippen molar-refractivity contribution in [2.24, 2.45) is 0 Å². The van der Waals surface area contributed by atoms with E-state index >= 15 is 0 Å². The van der Waals surface area contributed by atoms with E-state index in [0.29, 0.717) is 32.0 Å². The highest BCUT2D eigenvalue weighted by Crippen LogP contribution is 2.22. The zero-order chi connectivity index (χ0) is 15.5. The van der Waals surface area contributed by atoms with Crippen molar-refractivity contribution in [2.45, 2.75) is 38.3 Å². The second-order valence-electron chi connectivity index (χ2n) is 6.05. The van der Waals surface area contributed by atoms with Crippen LogP contribution in [0.25, 0.3) is 0 Å². The highest BCUT2D eigenvalue weighted by molar-refractivity contribution is 5.89. The molecule has 2 rings (SSSR count). The van der Waals surface area contributed by atoms with Crippen LogP contribution in [-0.2, 0) is 0 Å². The quantitative estimate of drug-likeness (QED) is 0.801. The van der Waals surface area contributed by atoms with Crippen molar-refractivity contribution in [3.05, 3.63) is 29.8 Å². The van der Waals surface area contributed by atoms with Crippen molar-refractivity contribution in [3.63, 3.8) is 0 Å². The lowest BCUT2D eigenvalue weighted by molar-refractivity contribution is 0.00570. The van der Waals surface area contributed by atoms with Crippen LogP contribution in [0.3, 0.4) is 0 Å². The fourth-order valence-electron chi connectivity index (χ4n) is 2.42. The monoisotopic (exact) mass is 291 g/mol. The van der Waals surface area contributed by atoms with E-state index in [2.05, 4.69) is 17.6 Å². The summed E-state index contributed by atoms with van der Waals surface area (Å²) >= 11 is 0. The van der Waals surface area contributed by atoms with Crippen molar-refractivity contribution >= 4 is 11.7 Å². The number of carbonyl (C=O) groups is 1. The van der Waals surface area contributed by atoms with Gasteiger partial charge < -0.3 is 20.6 Å². The zero-order valence-corrected chi connectivity index (χ0v) is 13.0. The number of urea groups is 1. The Kier molecular flexibility index (Phi) is 4.85. The van der Waals surface area contributed by atoms with Crippen LogP contribution in [0.4, 0.5) is 10.5 Å². The Balaban J connectivity index is 1.91. The molecule has 0 spiro atoms. The molecule has 1 aromatic carbocycles. The van der Waals surface area contributed by atoms with Crippen LogP contribution in [0.2, 0.25) is 0 Å². The van der Waals surface area contributed by atoms with E-state index < -0.39 is 5.60 Å². The first-order valence-electron chi connectivity index (χ1n) is 7.47. The summed E-state index contributed by atoms with van der Waals surface area (Å²) in [5, 5.41) is 16.0. The van der Waals surface area contributed by atoms with Crippen molar-refractivity contribution in [3.8, 4) is 0 Å². The molecule has 0 aromatic heterocycles. The van der Waals surface area contributed by atoms with Crippen LogP contribution in [0.1, 0.15) is 38.3 Å². The molecule has 116 valence electrons. The second-order valence-corrected chi connectivity index (χ2v) is 6.05. The maximum Gasteiger partial charge on any atom is 0.321 e. The summed E-state index contributed by atoms with van der Waals surface area (Å²) < 4.78 is 0. The normalized spacial score (nSPS) is 19.1. The van der Waals surface area contributed by atoms with Gasteiger partial charge in [0.1, 0.15) is 0 Å². The Bertz CT molecular complexity index is 475. The van der Waals surface area contributed by atoms with Crippen molar-refractivity contribution in [1.29, 1.82) is 0 Å². The molecule has 21 heavy (non-hydrogen) atoms. The van der Waals surface area contributed by atoms with Gasteiger partial charge in [0, 0.05) is 24.8 Å². The number of aliphatic hydroxyl groups is 1. The zero-order valence-electron chi connectivity index (χ0n) is 13.0. The number of carbonyl (C=O) groups excluding carboxylic acids is 1. The average Bonchev–Trinajstić information content (AvgIpc) is 2.47. The van der Waals surface area contributed by atoms with Gasteiger partial charge in [-0.1, -0.05) is 12.1 Å². The maximum absolute atomic E-state index is 12.2. The molecule has 1 fully saturated rings. The fourth-order valence-corrected chi connectivity index (χ4v) is 2.42. The highest BCUT2D eigenvalue weighted by atomic mass is 16.3. The smallest absolute Gasteiger partial charge is 0.321 e. The van der Waals surface area contributed by atoms with E-state index in [-0.39, 0.29) is 6.03 Å². The topological polar surface area (TPSA) is 64.6 Å². The van der Waals surface area contributed by atoms with E-state index in [4.69, 9.17) is 0 Å². The molecular formula is C16H25N3O2. The molecule has 3 N–H and O–H groups in total. The van der Waals surface area contributed by atoms with Crippen LogP contribution in [0.5, 0.6) is 0 Å². The molecule has 1 aromatic rings. The molecule has 1 aliphatic rings. The molecule has 0 aliphatic carbocycles. The second kappa shape index (κ2) is 6.45. The molecule has 1 aliphatic heterocycles. The number of hydrogen-bond donors (Lipinski definition) is 3.